The van der Waals surface area contributed by atoms with E-state index in [-0.39, 0.29) is 0 Å². The van der Waals surface area contributed by atoms with E-state index >= 15 is 0 Å². The number of hydrogen-bond donors (Lipinski definition) is 1. The van der Waals surface area contributed by atoms with Crippen molar-refractivity contribution in [3.63, 3.8) is 0 Å². The van der Waals surface area contributed by atoms with Gasteiger partial charge in [-0.1, -0.05) is 29.8 Å². The van der Waals surface area contributed by atoms with E-state index in [2.05, 4.69) is 19.9 Å². The first-order valence-corrected chi connectivity index (χ1v) is 7.66. The Morgan fingerprint density at radius 3 is 2.47 bits per heavy atom. The summed E-state index contributed by atoms with van der Waals surface area (Å²) in [6.45, 7) is 4.12. The topological polar surface area (TPSA) is 43.1 Å². The maximum Gasteiger partial charge on any atom is 0.0621 e. The van der Waals surface area contributed by atoms with Crippen molar-refractivity contribution in [1.82, 2.24) is 0 Å². The molecule has 0 amide bonds. The highest BCUT2D eigenvalue weighted by Gasteiger charge is 2.09. The Morgan fingerprint density at radius 2 is 1.84 bits per heavy atom. The summed E-state index contributed by atoms with van der Waals surface area (Å²) in [6, 6.07) is 11.2. The van der Waals surface area contributed by atoms with Crippen molar-refractivity contribution in [3.8, 4) is 0 Å². The second-order valence-corrected chi connectivity index (χ2v) is 6.45. The summed E-state index contributed by atoms with van der Waals surface area (Å²) in [5, 5.41) is 0.560. The molecule has 0 bridgehead atoms. The van der Waals surface area contributed by atoms with E-state index in [1.807, 2.05) is 12.1 Å². The molecule has 2 aromatic carbocycles. The molecule has 19 heavy (non-hydrogen) atoms. The minimum Gasteiger partial charge on any atom is -0.398 e. The largest absolute Gasteiger partial charge is 0.398 e. The molecule has 0 spiro atoms. The van der Waals surface area contributed by atoms with Crippen LogP contribution in [0.5, 0.6) is 0 Å². The van der Waals surface area contributed by atoms with Crippen LogP contribution in [0.2, 0.25) is 5.02 Å². The normalized spacial score (nSPS) is 12.4. The summed E-state index contributed by atoms with van der Waals surface area (Å²) in [5.74, 6) is 0.465. The highest BCUT2D eigenvalue weighted by atomic mass is 35.5. The van der Waals surface area contributed by atoms with Gasteiger partial charge in [0.05, 0.1) is 21.4 Å². The van der Waals surface area contributed by atoms with Crippen molar-refractivity contribution in [2.75, 3.05) is 5.73 Å². The lowest BCUT2D eigenvalue weighted by atomic mass is 10.1. The average molecular weight is 294 g/mol. The molecule has 2 N–H and O–H groups in total. The fraction of sp³-hybridized carbons (Fsp3) is 0.200. The van der Waals surface area contributed by atoms with E-state index in [1.54, 1.807) is 18.2 Å². The number of halogens is 1. The highest BCUT2D eigenvalue weighted by molar-refractivity contribution is 7.84. The smallest absolute Gasteiger partial charge is 0.0621 e. The van der Waals surface area contributed by atoms with Crippen LogP contribution in [0.15, 0.2) is 41.3 Å². The third-order valence-electron chi connectivity index (χ3n) is 3.09. The molecule has 0 saturated carbocycles. The maximum atomic E-state index is 12.3. The molecule has 0 aliphatic heterocycles. The number of rotatable bonds is 3. The molecule has 0 fully saturated rings. The first-order valence-electron chi connectivity index (χ1n) is 5.97. The predicted molar refractivity (Wildman–Crippen MR) is 81.9 cm³/mol. The fourth-order valence-corrected chi connectivity index (χ4v) is 3.21. The summed E-state index contributed by atoms with van der Waals surface area (Å²) in [6.07, 6.45) is 0. The van der Waals surface area contributed by atoms with Crippen LogP contribution >= 0.6 is 11.6 Å². The Labute approximate surface area is 121 Å². The molecule has 0 saturated heterocycles. The summed E-state index contributed by atoms with van der Waals surface area (Å²) >= 11 is 5.84. The van der Waals surface area contributed by atoms with Gasteiger partial charge in [-0.2, -0.15) is 0 Å². The van der Waals surface area contributed by atoms with E-state index in [0.29, 0.717) is 21.4 Å². The van der Waals surface area contributed by atoms with Gasteiger partial charge in [0.25, 0.3) is 0 Å². The van der Waals surface area contributed by atoms with Crippen molar-refractivity contribution in [2.45, 2.75) is 24.5 Å². The van der Waals surface area contributed by atoms with Gasteiger partial charge in [-0.3, -0.25) is 4.21 Å². The van der Waals surface area contributed by atoms with E-state index in [4.69, 9.17) is 17.3 Å². The SMILES string of the molecule is Cc1ccc(CS(=O)c2ccc(Cl)cc2N)cc1C. The van der Waals surface area contributed by atoms with Crippen LogP contribution in [-0.2, 0) is 16.6 Å². The number of anilines is 1. The van der Waals surface area contributed by atoms with E-state index in [9.17, 15) is 4.21 Å². The number of nitrogen functional groups attached to an aromatic ring is 1. The third kappa shape index (κ3) is 3.37. The van der Waals surface area contributed by atoms with Crippen LogP contribution in [-0.4, -0.2) is 4.21 Å². The molecule has 4 heteroatoms. The van der Waals surface area contributed by atoms with E-state index in [1.165, 1.54) is 11.1 Å². The number of nitrogens with two attached hydrogens (primary N) is 1. The zero-order valence-electron chi connectivity index (χ0n) is 10.9. The first-order chi connectivity index (χ1) is 8.97. The minimum absolute atomic E-state index is 0.465. The Kier molecular flexibility index (Phi) is 4.27. The van der Waals surface area contributed by atoms with Gasteiger partial charge in [-0.05, 0) is 48.7 Å². The van der Waals surface area contributed by atoms with Crippen LogP contribution in [0.25, 0.3) is 0 Å². The van der Waals surface area contributed by atoms with Crippen molar-refractivity contribution in [1.29, 1.82) is 0 Å². The Morgan fingerprint density at radius 1 is 1.11 bits per heavy atom. The van der Waals surface area contributed by atoms with E-state index < -0.39 is 10.8 Å². The molecule has 2 nitrogen and oxygen atoms in total. The molecule has 0 radical (unpaired) electrons. The van der Waals surface area contributed by atoms with Gasteiger partial charge in [-0.15, -0.1) is 0 Å². The van der Waals surface area contributed by atoms with Gasteiger partial charge in [-0.25, -0.2) is 0 Å². The molecule has 2 aromatic rings. The summed E-state index contributed by atoms with van der Waals surface area (Å²) in [5.41, 5.74) is 9.83. The van der Waals surface area contributed by atoms with Gasteiger partial charge < -0.3 is 5.73 Å². The third-order valence-corrected chi connectivity index (χ3v) is 4.78. The lowest BCUT2D eigenvalue weighted by molar-refractivity contribution is 0.683. The maximum absolute atomic E-state index is 12.3. The van der Waals surface area contributed by atoms with Crippen LogP contribution < -0.4 is 5.73 Å². The van der Waals surface area contributed by atoms with Crippen molar-refractivity contribution in [3.05, 3.63) is 58.1 Å². The minimum atomic E-state index is -1.15. The van der Waals surface area contributed by atoms with Gasteiger partial charge in [0, 0.05) is 10.7 Å². The monoisotopic (exact) mass is 293 g/mol. The van der Waals surface area contributed by atoms with Crippen molar-refractivity contribution in [2.24, 2.45) is 0 Å². The van der Waals surface area contributed by atoms with Crippen molar-refractivity contribution >= 4 is 28.1 Å². The number of hydrogen-bond acceptors (Lipinski definition) is 2. The molecule has 0 heterocycles. The molecule has 1 atom stereocenters. The Balaban J connectivity index is 2.23. The number of benzene rings is 2. The zero-order chi connectivity index (χ0) is 14.0. The molecule has 0 aliphatic carbocycles. The zero-order valence-corrected chi connectivity index (χ0v) is 12.5. The summed E-state index contributed by atoms with van der Waals surface area (Å²) in [7, 11) is -1.15. The summed E-state index contributed by atoms with van der Waals surface area (Å²) in [4.78, 5) is 0.641. The van der Waals surface area contributed by atoms with Crippen LogP contribution in [0.1, 0.15) is 16.7 Å². The van der Waals surface area contributed by atoms with Crippen LogP contribution in [0.3, 0.4) is 0 Å². The first kappa shape index (κ1) is 14.1. The Bertz CT molecular complexity index is 640. The molecule has 100 valence electrons. The number of aryl methyl sites for hydroxylation is 2. The molecule has 2 rings (SSSR count). The van der Waals surface area contributed by atoms with Crippen LogP contribution in [0, 0.1) is 13.8 Å². The van der Waals surface area contributed by atoms with Gasteiger partial charge in [0.2, 0.25) is 0 Å². The van der Waals surface area contributed by atoms with Gasteiger partial charge in [0.15, 0.2) is 0 Å². The Hall–Kier alpha value is -1.32. The second kappa shape index (κ2) is 5.76. The lowest BCUT2D eigenvalue weighted by Crippen LogP contribution is -2.01. The molecular weight excluding hydrogens is 278 g/mol. The van der Waals surface area contributed by atoms with Gasteiger partial charge in [0.1, 0.15) is 0 Å². The standard InChI is InChI=1S/C15H16ClNOS/c1-10-3-4-12(7-11(10)2)9-19(18)15-6-5-13(16)8-14(15)17/h3-8H,9,17H2,1-2H3. The average Bonchev–Trinajstić information content (AvgIpc) is 2.33. The predicted octanol–water partition coefficient (Wildman–Crippen LogP) is 3.85. The quantitative estimate of drug-likeness (QED) is 0.874. The molecule has 1 unspecified atom stereocenters. The molecule has 0 aliphatic rings. The lowest BCUT2D eigenvalue weighted by Gasteiger charge is -2.08. The van der Waals surface area contributed by atoms with E-state index in [0.717, 1.165) is 5.56 Å². The second-order valence-electron chi connectivity index (χ2n) is 4.59. The summed E-state index contributed by atoms with van der Waals surface area (Å²) < 4.78 is 12.3. The van der Waals surface area contributed by atoms with Gasteiger partial charge >= 0.3 is 0 Å². The molecule has 0 aromatic heterocycles. The van der Waals surface area contributed by atoms with Crippen molar-refractivity contribution < 1.29 is 4.21 Å². The fourth-order valence-electron chi connectivity index (χ4n) is 1.85. The van der Waals surface area contributed by atoms with Crippen LogP contribution in [0.4, 0.5) is 5.69 Å². The highest BCUT2D eigenvalue weighted by Crippen LogP contribution is 2.23. The molecular formula is C15H16ClNOS.